The lowest BCUT2D eigenvalue weighted by molar-refractivity contribution is 0.102. The molecule has 3 aromatic rings. The molecule has 1 amide bonds. The molecule has 0 fully saturated rings. The molecule has 0 atom stereocenters. The van der Waals surface area contributed by atoms with Gasteiger partial charge in [-0.2, -0.15) is 5.10 Å². The number of carbonyl (C=O) groups is 1. The topological polar surface area (TPSA) is 106 Å². The van der Waals surface area contributed by atoms with Gasteiger partial charge < -0.3 is 5.32 Å². The maximum atomic E-state index is 12.7. The first kappa shape index (κ1) is 21.5. The van der Waals surface area contributed by atoms with E-state index in [1.165, 1.54) is 6.20 Å². The summed E-state index contributed by atoms with van der Waals surface area (Å²) in [7, 11) is -3.42. The number of hydrogen-bond donors (Lipinski definition) is 2. The number of sulfonamides is 1. The lowest BCUT2D eigenvalue weighted by Crippen LogP contribution is -2.18. The van der Waals surface area contributed by atoms with Gasteiger partial charge in [-0.1, -0.05) is 13.0 Å². The van der Waals surface area contributed by atoms with Crippen LogP contribution in [0.15, 0.2) is 42.6 Å². The predicted molar refractivity (Wildman–Crippen MR) is 118 cm³/mol. The van der Waals surface area contributed by atoms with Crippen molar-refractivity contribution in [2.75, 3.05) is 15.8 Å². The number of aromatic nitrogens is 3. The minimum Gasteiger partial charge on any atom is -0.322 e. The van der Waals surface area contributed by atoms with E-state index in [0.29, 0.717) is 34.7 Å². The van der Waals surface area contributed by atoms with Crippen molar-refractivity contribution in [2.45, 2.75) is 34.1 Å². The van der Waals surface area contributed by atoms with Crippen molar-refractivity contribution in [2.24, 2.45) is 0 Å². The Labute approximate surface area is 176 Å². The van der Waals surface area contributed by atoms with Gasteiger partial charge in [-0.25, -0.2) is 18.1 Å². The second-order valence-electron chi connectivity index (χ2n) is 7.10. The number of aryl methyl sites for hydroxylation is 2. The molecule has 0 unspecified atom stereocenters. The summed E-state index contributed by atoms with van der Waals surface area (Å²) in [6.07, 6.45) is 2.01. The normalized spacial score (nSPS) is 11.3. The molecule has 158 valence electrons. The van der Waals surface area contributed by atoms with E-state index in [0.717, 1.165) is 11.4 Å². The molecule has 2 N–H and O–H groups in total. The van der Waals surface area contributed by atoms with Crippen LogP contribution in [0.25, 0.3) is 5.82 Å². The van der Waals surface area contributed by atoms with Crippen molar-refractivity contribution in [3.05, 3.63) is 65.1 Å². The summed E-state index contributed by atoms with van der Waals surface area (Å²) in [6.45, 7) is 7.40. The maximum absolute atomic E-state index is 12.7. The van der Waals surface area contributed by atoms with Crippen LogP contribution in [0.3, 0.4) is 0 Å². The molecular formula is C21H25N5O3S. The number of anilines is 2. The van der Waals surface area contributed by atoms with Gasteiger partial charge in [0.25, 0.3) is 5.91 Å². The maximum Gasteiger partial charge on any atom is 0.257 e. The Hall–Kier alpha value is -3.20. The number of nitrogens with one attached hydrogen (secondary N) is 2. The molecule has 30 heavy (non-hydrogen) atoms. The molecule has 9 heteroatoms. The lowest BCUT2D eigenvalue weighted by Gasteiger charge is -2.14. The van der Waals surface area contributed by atoms with Gasteiger partial charge in [-0.3, -0.25) is 9.52 Å². The molecule has 0 aliphatic carbocycles. The largest absolute Gasteiger partial charge is 0.322 e. The van der Waals surface area contributed by atoms with Crippen molar-refractivity contribution >= 4 is 27.3 Å². The molecule has 8 nitrogen and oxygen atoms in total. The first-order valence-electron chi connectivity index (χ1n) is 9.61. The Morgan fingerprint density at radius 2 is 1.83 bits per heavy atom. The van der Waals surface area contributed by atoms with E-state index in [1.54, 1.807) is 48.9 Å². The Morgan fingerprint density at radius 3 is 2.43 bits per heavy atom. The predicted octanol–water partition coefficient (Wildman–Crippen LogP) is 3.60. The molecule has 2 aromatic heterocycles. The van der Waals surface area contributed by atoms with Crippen LogP contribution >= 0.6 is 0 Å². The highest BCUT2D eigenvalue weighted by molar-refractivity contribution is 7.92. The smallest absolute Gasteiger partial charge is 0.257 e. The van der Waals surface area contributed by atoms with Crippen LogP contribution in [0.2, 0.25) is 0 Å². The number of benzene rings is 1. The summed E-state index contributed by atoms with van der Waals surface area (Å²) in [5.41, 5.74) is 3.84. The van der Waals surface area contributed by atoms with Crippen LogP contribution in [-0.4, -0.2) is 34.8 Å². The average Bonchev–Trinajstić information content (AvgIpc) is 3.03. The summed E-state index contributed by atoms with van der Waals surface area (Å²) in [6, 6.07) is 10.4. The minimum atomic E-state index is -3.42. The molecule has 0 radical (unpaired) electrons. The fourth-order valence-corrected chi connectivity index (χ4v) is 4.27. The molecule has 3 rings (SSSR count). The minimum absolute atomic E-state index is 0.0380. The SMILES string of the molecule is CCCS(=O)(=O)Nc1cccc(NC(=O)c2ccc(-n3nc(C)cc3C)nc2)c1C. The van der Waals surface area contributed by atoms with Crippen LogP contribution in [0, 0.1) is 20.8 Å². The number of rotatable bonds is 7. The van der Waals surface area contributed by atoms with Crippen LogP contribution in [-0.2, 0) is 10.0 Å². The highest BCUT2D eigenvalue weighted by Gasteiger charge is 2.14. The van der Waals surface area contributed by atoms with E-state index in [1.807, 2.05) is 19.9 Å². The van der Waals surface area contributed by atoms with Crippen LogP contribution in [0.4, 0.5) is 11.4 Å². The Kier molecular flexibility index (Phi) is 6.21. The highest BCUT2D eigenvalue weighted by atomic mass is 32.2. The van der Waals surface area contributed by atoms with Gasteiger partial charge in [-0.15, -0.1) is 0 Å². The molecule has 2 heterocycles. The summed E-state index contributed by atoms with van der Waals surface area (Å²) < 4.78 is 28.4. The second-order valence-corrected chi connectivity index (χ2v) is 8.94. The fourth-order valence-electron chi connectivity index (χ4n) is 3.07. The number of hydrogen-bond acceptors (Lipinski definition) is 5. The van der Waals surface area contributed by atoms with E-state index in [2.05, 4.69) is 20.1 Å². The lowest BCUT2D eigenvalue weighted by atomic mass is 10.1. The first-order chi connectivity index (χ1) is 14.2. The third kappa shape index (κ3) is 4.85. The quantitative estimate of drug-likeness (QED) is 0.599. The van der Waals surface area contributed by atoms with E-state index in [4.69, 9.17) is 0 Å². The van der Waals surface area contributed by atoms with Crippen LogP contribution in [0.1, 0.15) is 40.7 Å². The number of amides is 1. The van der Waals surface area contributed by atoms with E-state index >= 15 is 0 Å². The second kappa shape index (κ2) is 8.66. The zero-order valence-corrected chi connectivity index (χ0v) is 18.2. The van der Waals surface area contributed by atoms with Crippen molar-refractivity contribution in [1.29, 1.82) is 0 Å². The van der Waals surface area contributed by atoms with Gasteiger partial charge in [0.15, 0.2) is 5.82 Å². The zero-order chi connectivity index (χ0) is 21.9. The Balaban J connectivity index is 1.78. The van der Waals surface area contributed by atoms with Crippen molar-refractivity contribution in [3.8, 4) is 5.82 Å². The number of nitrogens with zero attached hydrogens (tertiary/aromatic N) is 3. The van der Waals surface area contributed by atoms with Gasteiger partial charge in [0, 0.05) is 17.6 Å². The monoisotopic (exact) mass is 427 g/mol. The summed E-state index contributed by atoms with van der Waals surface area (Å²) >= 11 is 0. The van der Waals surface area contributed by atoms with Gasteiger partial charge in [-0.05, 0) is 63.1 Å². The average molecular weight is 428 g/mol. The van der Waals surface area contributed by atoms with Gasteiger partial charge in [0.1, 0.15) is 0 Å². The Bertz CT molecular complexity index is 1170. The summed E-state index contributed by atoms with van der Waals surface area (Å²) in [5, 5.41) is 7.21. The summed E-state index contributed by atoms with van der Waals surface area (Å²) in [4.78, 5) is 17.0. The van der Waals surface area contributed by atoms with Crippen molar-refractivity contribution in [1.82, 2.24) is 14.8 Å². The van der Waals surface area contributed by atoms with Crippen LogP contribution < -0.4 is 10.0 Å². The Morgan fingerprint density at radius 1 is 1.10 bits per heavy atom. The molecule has 0 aliphatic heterocycles. The molecular weight excluding hydrogens is 402 g/mol. The van der Waals surface area contributed by atoms with Crippen molar-refractivity contribution < 1.29 is 13.2 Å². The van der Waals surface area contributed by atoms with Gasteiger partial charge in [0.05, 0.1) is 22.7 Å². The third-order valence-corrected chi connectivity index (χ3v) is 6.03. The van der Waals surface area contributed by atoms with E-state index in [-0.39, 0.29) is 11.7 Å². The van der Waals surface area contributed by atoms with Crippen molar-refractivity contribution in [3.63, 3.8) is 0 Å². The van der Waals surface area contributed by atoms with E-state index < -0.39 is 10.0 Å². The third-order valence-electron chi connectivity index (χ3n) is 4.56. The van der Waals surface area contributed by atoms with Gasteiger partial charge >= 0.3 is 0 Å². The highest BCUT2D eigenvalue weighted by Crippen LogP contribution is 2.25. The fraction of sp³-hybridized carbons (Fsp3) is 0.286. The van der Waals surface area contributed by atoms with E-state index in [9.17, 15) is 13.2 Å². The molecule has 0 spiro atoms. The van der Waals surface area contributed by atoms with Crippen LogP contribution in [0.5, 0.6) is 0 Å². The van der Waals surface area contributed by atoms with Gasteiger partial charge in [0.2, 0.25) is 10.0 Å². The standard InChI is InChI=1S/C21H25N5O3S/c1-5-11-30(28,29)25-19-8-6-7-18(16(19)4)23-21(27)17-9-10-20(22-13-17)26-15(3)12-14(2)24-26/h6-10,12-13,25H,5,11H2,1-4H3,(H,23,27). The number of pyridine rings is 1. The molecule has 0 aliphatic rings. The summed E-state index contributed by atoms with van der Waals surface area (Å²) in [5.74, 6) is 0.329. The zero-order valence-electron chi connectivity index (χ0n) is 17.4. The number of carbonyl (C=O) groups excluding carboxylic acids is 1. The molecule has 0 saturated carbocycles. The molecule has 0 saturated heterocycles. The first-order valence-corrected chi connectivity index (χ1v) is 11.3. The molecule has 1 aromatic carbocycles. The molecule has 0 bridgehead atoms.